The highest BCUT2D eigenvalue weighted by Crippen LogP contribution is 2.32. The summed E-state index contributed by atoms with van der Waals surface area (Å²) >= 11 is 0. The molecule has 0 heterocycles. The van der Waals surface area contributed by atoms with E-state index in [0.717, 1.165) is 5.92 Å². The van der Waals surface area contributed by atoms with Crippen LogP contribution in [0.4, 0.5) is 0 Å². The first-order valence-electron chi connectivity index (χ1n) is 2.75. The topological polar surface area (TPSA) is 9.23 Å². The molecule has 0 aromatic heterocycles. The molecule has 7 heavy (non-hydrogen) atoms. The van der Waals surface area contributed by atoms with Crippen LogP contribution in [0.2, 0.25) is 0 Å². The van der Waals surface area contributed by atoms with Gasteiger partial charge in [0.05, 0.1) is 6.10 Å². The average Bonchev–Trinajstić information content (AvgIpc) is 2.22. The van der Waals surface area contributed by atoms with Gasteiger partial charge in [-0.1, -0.05) is 6.92 Å². The summed E-state index contributed by atoms with van der Waals surface area (Å²) in [5.41, 5.74) is 0. The van der Waals surface area contributed by atoms with Crippen molar-refractivity contribution in [3.05, 3.63) is 6.92 Å². The third-order valence-electron chi connectivity index (χ3n) is 1.37. The van der Waals surface area contributed by atoms with E-state index >= 15 is 0 Å². The second-order valence-electron chi connectivity index (χ2n) is 2.12. The zero-order valence-corrected chi connectivity index (χ0v) is 4.68. The highest BCUT2D eigenvalue weighted by molar-refractivity contribution is 4.83. The van der Waals surface area contributed by atoms with Crippen molar-refractivity contribution in [3.63, 3.8) is 0 Å². The third kappa shape index (κ3) is 1.16. The Morgan fingerprint density at radius 1 is 1.86 bits per heavy atom. The molecule has 0 aromatic rings. The lowest BCUT2D eigenvalue weighted by molar-refractivity contribution is 0.136. The van der Waals surface area contributed by atoms with E-state index in [1.165, 1.54) is 6.42 Å². The van der Waals surface area contributed by atoms with Gasteiger partial charge in [0.25, 0.3) is 0 Å². The van der Waals surface area contributed by atoms with E-state index in [-0.39, 0.29) is 0 Å². The fourth-order valence-electron chi connectivity index (χ4n) is 0.672. The fraction of sp³-hybridized carbons (Fsp3) is 0.833. The van der Waals surface area contributed by atoms with Gasteiger partial charge in [0.2, 0.25) is 0 Å². The molecule has 0 aliphatic heterocycles. The molecule has 2 atom stereocenters. The van der Waals surface area contributed by atoms with Gasteiger partial charge in [-0.2, -0.15) is 0 Å². The second kappa shape index (κ2) is 1.83. The van der Waals surface area contributed by atoms with Crippen LogP contribution in [0, 0.1) is 12.8 Å². The van der Waals surface area contributed by atoms with Crippen molar-refractivity contribution in [1.29, 1.82) is 0 Å². The summed E-state index contributed by atoms with van der Waals surface area (Å²) in [6.07, 6.45) is 1.80. The molecule has 0 bridgehead atoms. The normalized spacial score (nSPS) is 38.6. The Morgan fingerprint density at radius 2 is 2.43 bits per heavy atom. The molecular formula is C6H11O. The minimum atomic E-state index is 0.553. The summed E-state index contributed by atoms with van der Waals surface area (Å²) < 4.78 is 5.15. The molecule has 1 saturated carbocycles. The van der Waals surface area contributed by atoms with Crippen molar-refractivity contribution < 1.29 is 4.74 Å². The molecule has 0 N–H and O–H groups in total. The molecule has 0 aromatic carbocycles. The molecule has 1 fully saturated rings. The van der Waals surface area contributed by atoms with E-state index in [1.807, 2.05) is 0 Å². The maximum absolute atomic E-state index is 5.15. The molecule has 1 aliphatic carbocycles. The van der Waals surface area contributed by atoms with Crippen LogP contribution in [0.5, 0.6) is 0 Å². The van der Waals surface area contributed by atoms with Gasteiger partial charge in [-0.15, -0.1) is 0 Å². The molecule has 1 heteroatoms. The Kier molecular flexibility index (Phi) is 1.33. The van der Waals surface area contributed by atoms with Crippen LogP contribution in [0.15, 0.2) is 0 Å². The van der Waals surface area contributed by atoms with Gasteiger partial charge < -0.3 is 4.74 Å². The summed E-state index contributed by atoms with van der Waals surface area (Å²) in [7, 11) is 0. The quantitative estimate of drug-likeness (QED) is 0.506. The van der Waals surface area contributed by atoms with Crippen LogP contribution in [-0.4, -0.2) is 12.7 Å². The van der Waals surface area contributed by atoms with Crippen molar-refractivity contribution in [2.75, 3.05) is 6.61 Å². The van der Waals surface area contributed by atoms with Crippen molar-refractivity contribution >= 4 is 0 Å². The fourth-order valence-corrected chi connectivity index (χ4v) is 0.672. The van der Waals surface area contributed by atoms with Gasteiger partial charge in [0, 0.05) is 6.61 Å². The molecule has 1 rings (SSSR count). The van der Waals surface area contributed by atoms with Gasteiger partial charge in [-0.05, 0) is 19.3 Å². The predicted octanol–water partition coefficient (Wildman–Crippen LogP) is 1.25. The smallest absolute Gasteiger partial charge is 0.0605 e. The monoisotopic (exact) mass is 99.1 g/mol. The van der Waals surface area contributed by atoms with E-state index < -0.39 is 0 Å². The maximum Gasteiger partial charge on any atom is 0.0605 e. The SMILES string of the molecule is [CH2]COC1CC1C. The molecule has 2 unspecified atom stereocenters. The third-order valence-corrected chi connectivity index (χ3v) is 1.37. The first-order valence-corrected chi connectivity index (χ1v) is 2.75. The zero-order chi connectivity index (χ0) is 5.28. The maximum atomic E-state index is 5.15. The van der Waals surface area contributed by atoms with Gasteiger partial charge in [-0.3, -0.25) is 0 Å². The average molecular weight is 99.2 g/mol. The van der Waals surface area contributed by atoms with Crippen molar-refractivity contribution in [1.82, 2.24) is 0 Å². The number of ether oxygens (including phenoxy) is 1. The Balaban J connectivity index is 1.98. The van der Waals surface area contributed by atoms with Crippen LogP contribution in [0.1, 0.15) is 13.3 Å². The van der Waals surface area contributed by atoms with Crippen LogP contribution >= 0.6 is 0 Å². The van der Waals surface area contributed by atoms with Gasteiger partial charge >= 0.3 is 0 Å². The largest absolute Gasteiger partial charge is 0.378 e. The molecule has 41 valence electrons. The molecule has 0 amide bonds. The van der Waals surface area contributed by atoms with Gasteiger partial charge in [-0.25, -0.2) is 0 Å². The summed E-state index contributed by atoms with van der Waals surface area (Å²) in [5, 5.41) is 0. The molecule has 1 nitrogen and oxygen atoms in total. The second-order valence-corrected chi connectivity index (χ2v) is 2.12. The Labute approximate surface area is 44.7 Å². The predicted molar refractivity (Wildman–Crippen MR) is 28.9 cm³/mol. The minimum absolute atomic E-state index is 0.553. The van der Waals surface area contributed by atoms with Crippen LogP contribution < -0.4 is 0 Å². The number of hydrogen-bond donors (Lipinski definition) is 0. The lowest BCUT2D eigenvalue weighted by Crippen LogP contribution is -1.93. The molecule has 1 aliphatic rings. The number of hydrogen-bond acceptors (Lipinski definition) is 1. The summed E-state index contributed by atoms with van der Waals surface area (Å²) in [6.45, 7) is 6.41. The Hall–Kier alpha value is -0.0400. The van der Waals surface area contributed by atoms with Gasteiger partial charge in [0.15, 0.2) is 0 Å². The molecule has 1 radical (unpaired) electrons. The summed E-state index contributed by atoms with van der Waals surface area (Å²) in [4.78, 5) is 0. The Bertz CT molecular complexity index is 61.2. The van der Waals surface area contributed by atoms with Crippen LogP contribution in [0.25, 0.3) is 0 Å². The summed E-state index contributed by atoms with van der Waals surface area (Å²) in [6, 6.07) is 0. The first kappa shape index (κ1) is 5.10. The molecule has 0 spiro atoms. The minimum Gasteiger partial charge on any atom is -0.378 e. The zero-order valence-electron chi connectivity index (χ0n) is 4.68. The van der Waals surface area contributed by atoms with Crippen molar-refractivity contribution in [3.8, 4) is 0 Å². The van der Waals surface area contributed by atoms with Crippen LogP contribution in [0.3, 0.4) is 0 Å². The van der Waals surface area contributed by atoms with E-state index in [1.54, 1.807) is 0 Å². The number of rotatable bonds is 2. The standard InChI is InChI=1S/C6H11O/c1-3-7-6-4-5(6)2/h5-6H,1,3-4H2,2H3. The van der Waals surface area contributed by atoms with Crippen LogP contribution in [-0.2, 0) is 4.74 Å². The Morgan fingerprint density at radius 3 is 2.57 bits per heavy atom. The first-order chi connectivity index (χ1) is 3.34. The van der Waals surface area contributed by atoms with E-state index in [2.05, 4.69) is 13.8 Å². The highest BCUT2D eigenvalue weighted by Gasteiger charge is 2.32. The summed E-state index contributed by atoms with van der Waals surface area (Å²) in [5.74, 6) is 0.807. The van der Waals surface area contributed by atoms with Gasteiger partial charge in [0.1, 0.15) is 0 Å². The van der Waals surface area contributed by atoms with Crippen molar-refractivity contribution in [2.45, 2.75) is 19.4 Å². The molecular weight excluding hydrogens is 88.1 g/mol. The van der Waals surface area contributed by atoms with E-state index in [9.17, 15) is 0 Å². The van der Waals surface area contributed by atoms with E-state index in [0.29, 0.717) is 12.7 Å². The van der Waals surface area contributed by atoms with E-state index in [4.69, 9.17) is 4.74 Å². The lowest BCUT2D eigenvalue weighted by atomic mass is 10.5. The highest BCUT2D eigenvalue weighted by atomic mass is 16.5. The lowest BCUT2D eigenvalue weighted by Gasteiger charge is -1.92. The van der Waals surface area contributed by atoms with Crippen molar-refractivity contribution in [2.24, 2.45) is 5.92 Å². The molecule has 0 saturated heterocycles.